The van der Waals surface area contributed by atoms with Crippen molar-refractivity contribution in [1.29, 1.82) is 5.26 Å². The number of rotatable bonds is 1. The molecule has 1 aromatic rings. The quantitative estimate of drug-likeness (QED) is 0.742. The highest BCUT2D eigenvalue weighted by atomic mass is 15.2. The molecule has 0 saturated carbocycles. The fraction of sp³-hybridized carbons (Fsp3) is 0.615. The Labute approximate surface area is 102 Å². The van der Waals surface area contributed by atoms with Gasteiger partial charge in [0, 0.05) is 25.0 Å². The maximum Gasteiger partial charge on any atom is 0.183 e. The summed E-state index contributed by atoms with van der Waals surface area (Å²) >= 11 is 0. The van der Waals surface area contributed by atoms with Crippen molar-refractivity contribution >= 4 is 5.82 Å². The van der Waals surface area contributed by atoms with Crippen LogP contribution in [0.1, 0.15) is 32.9 Å². The Balaban J connectivity index is 2.35. The topological polar surface area (TPSA) is 52.8 Å². The molecule has 2 rings (SSSR count). The van der Waals surface area contributed by atoms with Gasteiger partial charge < -0.3 is 4.90 Å². The van der Waals surface area contributed by atoms with Crippen molar-refractivity contribution in [2.75, 3.05) is 11.4 Å². The Hall–Kier alpha value is -1.63. The zero-order chi connectivity index (χ0) is 12.4. The van der Waals surface area contributed by atoms with Crippen LogP contribution in [-0.2, 0) is 0 Å². The second kappa shape index (κ2) is 4.70. The molecule has 1 aromatic heterocycles. The number of hydrogen-bond donors (Lipinski definition) is 0. The molecule has 0 amide bonds. The first-order valence-electron chi connectivity index (χ1n) is 6.11. The summed E-state index contributed by atoms with van der Waals surface area (Å²) in [6.45, 7) is 7.67. The van der Waals surface area contributed by atoms with Crippen molar-refractivity contribution < 1.29 is 0 Å². The summed E-state index contributed by atoms with van der Waals surface area (Å²) in [5.74, 6) is 1.99. The minimum Gasteiger partial charge on any atom is -0.351 e. The molecule has 2 heterocycles. The summed E-state index contributed by atoms with van der Waals surface area (Å²) in [7, 11) is 0. The third-order valence-electron chi connectivity index (χ3n) is 3.65. The highest BCUT2D eigenvalue weighted by molar-refractivity contribution is 5.50. The molecule has 0 bridgehead atoms. The van der Waals surface area contributed by atoms with Crippen molar-refractivity contribution in [2.45, 2.75) is 33.2 Å². The first-order valence-corrected chi connectivity index (χ1v) is 6.11. The predicted molar refractivity (Wildman–Crippen MR) is 66.5 cm³/mol. The normalized spacial score (nSPS) is 28.8. The van der Waals surface area contributed by atoms with Crippen LogP contribution in [0, 0.1) is 23.2 Å². The van der Waals surface area contributed by atoms with Gasteiger partial charge in [-0.3, -0.25) is 0 Å². The van der Waals surface area contributed by atoms with Crippen LogP contribution in [-0.4, -0.2) is 22.6 Å². The lowest BCUT2D eigenvalue weighted by molar-refractivity contribution is 0.295. The van der Waals surface area contributed by atoms with E-state index in [1.54, 1.807) is 12.4 Å². The molecule has 0 aromatic carbocycles. The van der Waals surface area contributed by atoms with Crippen LogP contribution in [0.2, 0.25) is 0 Å². The van der Waals surface area contributed by atoms with Crippen LogP contribution in [0.4, 0.5) is 5.82 Å². The fourth-order valence-electron chi connectivity index (χ4n) is 2.61. The number of aromatic nitrogens is 2. The molecule has 1 saturated heterocycles. The van der Waals surface area contributed by atoms with Gasteiger partial charge in [0.1, 0.15) is 6.07 Å². The zero-order valence-electron chi connectivity index (χ0n) is 10.6. The lowest BCUT2D eigenvalue weighted by Crippen LogP contribution is -2.46. The molecular formula is C13H18N4. The largest absolute Gasteiger partial charge is 0.351 e. The monoisotopic (exact) mass is 230 g/mol. The first-order chi connectivity index (χ1) is 8.13. The van der Waals surface area contributed by atoms with Gasteiger partial charge in [-0.15, -0.1) is 0 Å². The van der Waals surface area contributed by atoms with Gasteiger partial charge in [0.25, 0.3) is 0 Å². The van der Waals surface area contributed by atoms with E-state index >= 15 is 0 Å². The fourth-order valence-corrected chi connectivity index (χ4v) is 2.61. The van der Waals surface area contributed by atoms with Gasteiger partial charge in [-0.05, 0) is 25.2 Å². The lowest BCUT2D eigenvalue weighted by Gasteiger charge is -2.41. The molecule has 0 radical (unpaired) electrons. The summed E-state index contributed by atoms with van der Waals surface area (Å²) in [6, 6.07) is 2.54. The molecule has 1 fully saturated rings. The van der Waals surface area contributed by atoms with E-state index in [-0.39, 0.29) is 0 Å². The SMILES string of the molecule is CC1CC(C)C(C)N(c2nccnc2C#N)C1. The van der Waals surface area contributed by atoms with Crippen molar-refractivity contribution in [3.8, 4) is 6.07 Å². The van der Waals surface area contributed by atoms with Gasteiger partial charge in [0.05, 0.1) is 0 Å². The number of anilines is 1. The maximum atomic E-state index is 9.09. The van der Waals surface area contributed by atoms with E-state index in [2.05, 4.69) is 41.7 Å². The Bertz CT molecular complexity index is 437. The molecule has 90 valence electrons. The number of nitrogens with zero attached hydrogens (tertiary/aromatic N) is 4. The zero-order valence-corrected chi connectivity index (χ0v) is 10.6. The van der Waals surface area contributed by atoms with Gasteiger partial charge in [-0.1, -0.05) is 13.8 Å². The van der Waals surface area contributed by atoms with E-state index in [0.717, 1.165) is 12.4 Å². The highest BCUT2D eigenvalue weighted by Crippen LogP contribution is 2.30. The van der Waals surface area contributed by atoms with Crippen molar-refractivity contribution in [3.63, 3.8) is 0 Å². The van der Waals surface area contributed by atoms with Crippen molar-refractivity contribution in [2.24, 2.45) is 11.8 Å². The Morgan fingerprint density at radius 1 is 1.29 bits per heavy atom. The Kier molecular flexibility index (Phi) is 3.28. The second-order valence-corrected chi connectivity index (χ2v) is 5.05. The molecule has 4 heteroatoms. The molecule has 4 nitrogen and oxygen atoms in total. The van der Waals surface area contributed by atoms with E-state index < -0.39 is 0 Å². The van der Waals surface area contributed by atoms with Crippen LogP contribution in [0.5, 0.6) is 0 Å². The average Bonchev–Trinajstić information content (AvgIpc) is 2.33. The van der Waals surface area contributed by atoms with Crippen molar-refractivity contribution in [3.05, 3.63) is 18.1 Å². The molecule has 0 aliphatic carbocycles. The van der Waals surface area contributed by atoms with Crippen LogP contribution >= 0.6 is 0 Å². The smallest absolute Gasteiger partial charge is 0.183 e. The minimum atomic E-state index is 0.412. The molecule has 0 N–H and O–H groups in total. The molecule has 3 unspecified atom stereocenters. The second-order valence-electron chi connectivity index (χ2n) is 5.05. The highest BCUT2D eigenvalue weighted by Gasteiger charge is 2.31. The molecule has 1 aliphatic heterocycles. The van der Waals surface area contributed by atoms with Crippen LogP contribution < -0.4 is 4.90 Å². The average molecular weight is 230 g/mol. The van der Waals surface area contributed by atoms with Crippen molar-refractivity contribution in [1.82, 2.24) is 9.97 Å². The van der Waals surface area contributed by atoms with E-state index in [9.17, 15) is 0 Å². The van der Waals surface area contributed by atoms with Gasteiger partial charge in [0.15, 0.2) is 11.5 Å². The van der Waals surface area contributed by atoms with Crippen LogP contribution in [0.15, 0.2) is 12.4 Å². The molecule has 0 spiro atoms. The van der Waals surface area contributed by atoms with E-state index in [0.29, 0.717) is 23.6 Å². The molecule has 1 aliphatic rings. The Morgan fingerprint density at radius 2 is 2.00 bits per heavy atom. The number of hydrogen-bond acceptors (Lipinski definition) is 4. The summed E-state index contributed by atoms with van der Waals surface area (Å²) < 4.78 is 0. The van der Waals surface area contributed by atoms with E-state index in [1.165, 1.54) is 6.42 Å². The van der Waals surface area contributed by atoms with Gasteiger partial charge >= 0.3 is 0 Å². The summed E-state index contributed by atoms with van der Waals surface area (Å²) in [6.07, 6.45) is 4.47. The summed E-state index contributed by atoms with van der Waals surface area (Å²) in [5, 5.41) is 9.09. The van der Waals surface area contributed by atoms with Gasteiger partial charge in [0.2, 0.25) is 0 Å². The molecule has 3 atom stereocenters. The minimum absolute atomic E-state index is 0.412. The molecule has 17 heavy (non-hydrogen) atoms. The number of nitriles is 1. The third kappa shape index (κ3) is 2.23. The predicted octanol–water partition coefficient (Wildman–Crippen LogP) is 2.22. The maximum absolute atomic E-state index is 9.09. The van der Waals surface area contributed by atoms with Gasteiger partial charge in [-0.25, -0.2) is 9.97 Å². The van der Waals surface area contributed by atoms with Gasteiger partial charge in [-0.2, -0.15) is 5.26 Å². The molecular weight excluding hydrogens is 212 g/mol. The van der Waals surface area contributed by atoms with E-state index in [4.69, 9.17) is 5.26 Å². The van der Waals surface area contributed by atoms with Crippen LogP contribution in [0.25, 0.3) is 0 Å². The van der Waals surface area contributed by atoms with Crippen LogP contribution in [0.3, 0.4) is 0 Å². The lowest BCUT2D eigenvalue weighted by atomic mass is 9.86. The van der Waals surface area contributed by atoms with E-state index in [1.807, 2.05) is 0 Å². The summed E-state index contributed by atoms with van der Waals surface area (Å²) in [5.41, 5.74) is 0.431. The standard InChI is InChI=1S/C13H18N4/c1-9-6-10(2)11(3)17(8-9)13-12(7-14)15-4-5-16-13/h4-5,9-11H,6,8H2,1-3H3. The first kappa shape index (κ1) is 11.8. The number of piperidine rings is 1. The summed E-state index contributed by atoms with van der Waals surface area (Å²) in [4.78, 5) is 10.7. The Morgan fingerprint density at radius 3 is 2.71 bits per heavy atom. The third-order valence-corrected chi connectivity index (χ3v) is 3.65.